The topological polar surface area (TPSA) is 95.0 Å². The molecule has 0 bridgehead atoms. The van der Waals surface area contributed by atoms with Crippen LogP contribution in [-0.2, 0) is 19.4 Å². The highest BCUT2D eigenvalue weighted by Gasteiger charge is 2.30. The van der Waals surface area contributed by atoms with Gasteiger partial charge < -0.3 is 14.2 Å². The molecule has 2 heterocycles. The Kier molecular flexibility index (Phi) is 6.63. The standard InChI is InChI=1S/C22H24N2O6S2/c1-28-15-5-8-18(9-6-15)32(26,27)14-21(25)24(13-17-4-3-11-30-17)22-23-19-12-16(29-2)7-10-20(19)31-22/h5-10,12,17H,3-4,11,13-14H2,1-2H3. The zero-order valence-electron chi connectivity index (χ0n) is 17.8. The van der Waals surface area contributed by atoms with Gasteiger partial charge in [0, 0.05) is 12.7 Å². The molecular formula is C22H24N2O6S2. The van der Waals surface area contributed by atoms with Crippen molar-refractivity contribution >= 4 is 42.4 Å². The summed E-state index contributed by atoms with van der Waals surface area (Å²) >= 11 is 1.33. The molecule has 32 heavy (non-hydrogen) atoms. The van der Waals surface area contributed by atoms with Crippen LogP contribution in [0.5, 0.6) is 11.5 Å². The van der Waals surface area contributed by atoms with Crippen molar-refractivity contribution in [3.05, 3.63) is 42.5 Å². The number of sulfone groups is 1. The molecule has 1 saturated heterocycles. The van der Waals surface area contributed by atoms with Crippen molar-refractivity contribution in [1.29, 1.82) is 0 Å². The van der Waals surface area contributed by atoms with E-state index in [0.29, 0.717) is 28.8 Å². The number of methoxy groups -OCH3 is 2. The summed E-state index contributed by atoms with van der Waals surface area (Å²) in [5, 5.41) is 0.443. The lowest BCUT2D eigenvalue weighted by Crippen LogP contribution is -2.40. The van der Waals surface area contributed by atoms with Gasteiger partial charge in [-0.15, -0.1) is 0 Å². The average Bonchev–Trinajstić information content (AvgIpc) is 3.46. The number of nitrogens with zero attached hydrogens (tertiary/aromatic N) is 2. The number of amides is 1. The van der Waals surface area contributed by atoms with E-state index in [9.17, 15) is 13.2 Å². The fourth-order valence-corrected chi connectivity index (χ4v) is 5.69. The number of thiazole rings is 1. The summed E-state index contributed by atoms with van der Waals surface area (Å²) in [7, 11) is -0.764. The number of fused-ring (bicyclic) bond motifs is 1. The molecule has 10 heteroatoms. The number of aromatic nitrogens is 1. The third kappa shape index (κ3) is 4.87. The van der Waals surface area contributed by atoms with E-state index in [4.69, 9.17) is 14.2 Å². The molecule has 2 aromatic carbocycles. The first-order valence-corrected chi connectivity index (χ1v) is 12.6. The third-order valence-corrected chi connectivity index (χ3v) is 7.93. The zero-order valence-corrected chi connectivity index (χ0v) is 19.4. The number of carbonyl (C=O) groups excluding carboxylic acids is 1. The molecule has 1 fully saturated rings. The van der Waals surface area contributed by atoms with Gasteiger partial charge in [0.2, 0.25) is 5.91 Å². The van der Waals surface area contributed by atoms with Gasteiger partial charge in [-0.1, -0.05) is 11.3 Å². The Morgan fingerprint density at radius 1 is 1.16 bits per heavy atom. The van der Waals surface area contributed by atoms with Crippen molar-refractivity contribution in [1.82, 2.24) is 4.98 Å². The maximum Gasteiger partial charge on any atom is 0.244 e. The molecule has 0 spiro atoms. The second-order valence-corrected chi connectivity index (χ2v) is 10.4. The van der Waals surface area contributed by atoms with E-state index in [1.807, 2.05) is 12.1 Å². The molecule has 1 aliphatic heterocycles. The summed E-state index contributed by atoms with van der Waals surface area (Å²) in [6.45, 7) is 0.891. The Bertz CT molecular complexity index is 1200. The van der Waals surface area contributed by atoms with Crippen molar-refractivity contribution in [3.8, 4) is 11.5 Å². The normalized spacial score (nSPS) is 16.2. The van der Waals surface area contributed by atoms with Crippen LogP contribution in [0.3, 0.4) is 0 Å². The van der Waals surface area contributed by atoms with E-state index in [1.165, 1.54) is 35.5 Å². The monoisotopic (exact) mass is 476 g/mol. The molecule has 1 unspecified atom stereocenters. The molecule has 0 N–H and O–H groups in total. The van der Waals surface area contributed by atoms with E-state index in [0.717, 1.165) is 17.5 Å². The van der Waals surface area contributed by atoms with Gasteiger partial charge in [0.15, 0.2) is 15.0 Å². The number of benzene rings is 2. The van der Waals surface area contributed by atoms with Crippen LogP contribution in [0.2, 0.25) is 0 Å². The van der Waals surface area contributed by atoms with Crippen molar-refractivity contribution in [2.45, 2.75) is 23.8 Å². The smallest absolute Gasteiger partial charge is 0.244 e. The predicted octanol–water partition coefficient (Wildman–Crippen LogP) is 3.30. The molecule has 0 aliphatic carbocycles. The number of rotatable bonds is 8. The Balaban J connectivity index is 1.62. The summed E-state index contributed by atoms with van der Waals surface area (Å²) in [4.78, 5) is 19.3. The number of hydrogen-bond donors (Lipinski definition) is 0. The Labute approximate surface area is 190 Å². The fraction of sp³-hybridized carbons (Fsp3) is 0.364. The molecule has 0 saturated carbocycles. The number of hydrogen-bond acceptors (Lipinski definition) is 8. The average molecular weight is 477 g/mol. The van der Waals surface area contributed by atoms with E-state index >= 15 is 0 Å². The maximum absolute atomic E-state index is 13.3. The van der Waals surface area contributed by atoms with Crippen LogP contribution in [0, 0.1) is 0 Å². The highest BCUT2D eigenvalue weighted by Crippen LogP contribution is 2.32. The molecule has 1 aromatic heterocycles. The second kappa shape index (κ2) is 9.43. The molecule has 1 amide bonds. The maximum atomic E-state index is 13.3. The highest BCUT2D eigenvalue weighted by atomic mass is 32.2. The van der Waals surface area contributed by atoms with Crippen LogP contribution in [-0.4, -0.2) is 58.5 Å². The van der Waals surface area contributed by atoms with Gasteiger partial charge in [0.25, 0.3) is 0 Å². The van der Waals surface area contributed by atoms with Crippen molar-refractivity contribution < 1.29 is 27.4 Å². The van der Waals surface area contributed by atoms with E-state index in [-0.39, 0.29) is 17.5 Å². The lowest BCUT2D eigenvalue weighted by atomic mass is 10.2. The van der Waals surface area contributed by atoms with Gasteiger partial charge in [-0.3, -0.25) is 9.69 Å². The molecule has 1 atom stereocenters. The summed E-state index contributed by atoms with van der Waals surface area (Å²) in [6, 6.07) is 11.5. The van der Waals surface area contributed by atoms with Crippen LogP contribution in [0.4, 0.5) is 5.13 Å². The summed E-state index contributed by atoms with van der Waals surface area (Å²) in [6.07, 6.45) is 1.57. The van der Waals surface area contributed by atoms with Gasteiger partial charge in [0.1, 0.15) is 17.3 Å². The van der Waals surface area contributed by atoms with Crippen molar-refractivity contribution in [2.75, 3.05) is 38.0 Å². The van der Waals surface area contributed by atoms with Crippen LogP contribution < -0.4 is 14.4 Å². The molecule has 170 valence electrons. The van der Waals surface area contributed by atoms with Crippen molar-refractivity contribution in [3.63, 3.8) is 0 Å². The highest BCUT2D eigenvalue weighted by molar-refractivity contribution is 7.92. The first-order valence-electron chi connectivity index (χ1n) is 10.1. The summed E-state index contributed by atoms with van der Waals surface area (Å²) in [5.41, 5.74) is 0.688. The Hall–Kier alpha value is -2.69. The van der Waals surface area contributed by atoms with Gasteiger partial charge >= 0.3 is 0 Å². The second-order valence-electron chi connectivity index (χ2n) is 7.40. The number of ether oxygens (including phenoxy) is 3. The van der Waals surface area contributed by atoms with E-state index < -0.39 is 21.5 Å². The molecule has 1 aliphatic rings. The Morgan fingerprint density at radius 3 is 2.53 bits per heavy atom. The van der Waals surface area contributed by atoms with Crippen LogP contribution in [0.15, 0.2) is 47.4 Å². The zero-order chi connectivity index (χ0) is 22.7. The molecule has 4 rings (SSSR count). The molecule has 8 nitrogen and oxygen atoms in total. The minimum absolute atomic E-state index is 0.0674. The van der Waals surface area contributed by atoms with Gasteiger partial charge in [-0.25, -0.2) is 13.4 Å². The Morgan fingerprint density at radius 2 is 1.88 bits per heavy atom. The number of carbonyl (C=O) groups is 1. The minimum atomic E-state index is -3.84. The first kappa shape index (κ1) is 22.5. The van der Waals surface area contributed by atoms with E-state index in [1.54, 1.807) is 25.3 Å². The summed E-state index contributed by atoms with van der Waals surface area (Å²) in [5.74, 6) is 0.00152. The SMILES string of the molecule is COc1ccc(S(=O)(=O)CC(=O)N(CC2CCCO2)c2nc3cc(OC)ccc3s2)cc1. The molecular weight excluding hydrogens is 452 g/mol. The first-order chi connectivity index (χ1) is 15.4. The predicted molar refractivity (Wildman–Crippen MR) is 123 cm³/mol. The molecule has 0 radical (unpaired) electrons. The minimum Gasteiger partial charge on any atom is -0.497 e. The quantitative estimate of drug-likeness (QED) is 0.492. The van der Waals surface area contributed by atoms with Gasteiger partial charge in [0.05, 0.1) is 42.0 Å². The van der Waals surface area contributed by atoms with Crippen LogP contribution in [0.25, 0.3) is 10.2 Å². The van der Waals surface area contributed by atoms with Gasteiger partial charge in [-0.05, 0) is 49.2 Å². The lowest BCUT2D eigenvalue weighted by molar-refractivity contribution is -0.116. The summed E-state index contributed by atoms with van der Waals surface area (Å²) < 4.78 is 42.8. The van der Waals surface area contributed by atoms with Crippen LogP contribution in [0.1, 0.15) is 12.8 Å². The van der Waals surface area contributed by atoms with E-state index in [2.05, 4.69) is 4.98 Å². The number of anilines is 1. The third-order valence-electron chi connectivity index (χ3n) is 5.26. The van der Waals surface area contributed by atoms with Gasteiger partial charge in [-0.2, -0.15) is 0 Å². The fourth-order valence-electron chi connectivity index (χ4n) is 3.52. The van der Waals surface area contributed by atoms with Crippen LogP contribution >= 0.6 is 11.3 Å². The largest absolute Gasteiger partial charge is 0.497 e. The lowest BCUT2D eigenvalue weighted by Gasteiger charge is -2.23. The molecule has 3 aromatic rings. The van der Waals surface area contributed by atoms with Crippen molar-refractivity contribution in [2.24, 2.45) is 0 Å².